The van der Waals surface area contributed by atoms with Crippen LogP contribution in [0, 0.1) is 17.5 Å². The van der Waals surface area contributed by atoms with Crippen molar-refractivity contribution in [2.45, 2.75) is 137 Å². The van der Waals surface area contributed by atoms with E-state index in [9.17, 15) is 27.6 Å². The number of unbranched alkanes of at least 4 members (excludes halogenated alkanes) is 1. The number of Topliss-reactive ketones (excluding diaryl/α,β-unsaturated/α-hetero) is 3. The smallest absolute Gasteiger partial charge is 0.179 e. The maximum atomic E-state index is 14.3. The van der Waals surface area contributed by atoms with Gasteiger partial charge in [0.05, 0.1) is 17.1 Å². The van der Waals surface area contributed by atoms with Crippen molar-refractivity contribution in [3.8, 4) is 0 Å². The highest BCUT2D eigenvalue weighted by Gasteiger charge is 2.25. The molecule has 0 saturated heterocycles. The molecule has 3 heterocycles. The predicted molar refractivity (Wildman–Crippen MR) is 265 cm³/mol. The van der Waals surface area contributed by atoms with E-state index < -0.39 is 0 Å². The average Bonchev–Trinajstić information content (AvgIpc) is 4.05. The number of ketones is 3. The number of rotatable bonds is 18. The van der Waals surface area contributed by atoms with Gasteiger partial charge in [-0.3, -0.25) is 14.4 Å². The standard InChI is InChI=1S/C20H25ClFNO.2C17H19ClFNO/c1-4-5-8-15(20-16(21)9-6-10-17(20)22)13-19(24)18-11-7-12-23(18)14(2)3;2*1-11(2)20-9-5-8-15(20)16(21)10-12(3)17-13(18)6-4-7-14(17)19/h6-7,9-12,14-15H,4-5,8,13H2,1-3H3;2*4-9,11-12H,10H2,1-3H3/t;2*12-/m.10/s1. The van der Waals surface area contributed by atoms with Gasteiger partial charge in [0.15, 0.2) is 17.3 Å². The second kappa shape index (κ2) is 25.3. The van der Waals surface area contributed by atoms with E-state index >= 15 is 0 Å². The van der Waals surface area contributed by atoms with Gasteiger partial charge in [-0.15, -0.1) is 0 Å². The Balaban J connectivity index is 0.000000217. The minimum atomic E-state index is -0.359. The number of benzene rings is 3. The summed E-state index contributed by atoms with van der Waals surface area (Å²) in [4.78, 5) is 37.7. The van der Waals surface area contributed by atoms with Crippen molar-refractivity contribution >= 4 is 52.2 Å². The molecule has 0 aliphatic heterocycles. The van der Waals surface area contributed by atoms with Crippen LogP contribution < -0.4 is 0 Å². The van der Waals surface area contributed by atoms with Crippen molar-refractivity contribution in [1.29, 1.82) is 0 Å². The Kier molecular flexibility index (Phi) is 20.7. The largest absolute Gasteiger partial charge is 0.343 e. The fourth-order valence-electron chi connectivity index (χ4n) is 8.20. The Morgan fingerprint density at radius 2 is 0.788 bits per heavy atom. The third kappa shape index (κ3) is 14.1. The maximum absolute atomic E-state index is 14.3. The van der Waals surface area contributed by atoms with Crippen molar-refractivity contribution in [3.63, 3.8) is 0 Å². The highest BCUT2D eigenvalue weighted by atomic mass is 35.5. The number of carbonyl (C=O) groups excluding carboxylic acids is 3. The molecular formula is C54H63Cl3F3N3O3. The first-order chi connectivity index (χ1) is 31.3. The van der Waals surface area contributed by atoms with Gasteiger partial charge in [0.2, 0.25) is 0 Å². The van der Waals surface area contributed by atoms with Crippen LogP contribution in [0.25, 0.3) is 0 Å². The molecule has 0 spiro atoms. The van der Waals surface area contributed by atoms with E-state index in [-0.39, 0.29) is 89.9 Å². The summed E-state index contributed by atoms with van der Waals surface area (Å²) >= 11 is 18.4. The normalized spacial score (nSPS) is 12.6. The molecule has 0 aliphatic carbocycles. The summed E-state index contributed by atoms with van der Waals surface area (Å²) in [6, 6.07) is 25.6. The molecule has 354 valence electrons. The number of hydrogen-bond donors (Lipinski definition) is 0. The fraction of sp³-hybridized carbons (Fsp3) is 0.389. The summed E-state index contributed by atoms with van der Waals surface area (Å²) in [6.07, 6.45) is 9.12. The second-order valence-electron chi connectivity index (χ2n) is 17.6. The molecule has 0 fully saturated rings. The third-order valence-electron chi connectivity index (χ3n) is 11.6. The van der Waals surface area contributed by atoms with E-state index in [2.05, 4.69) is 6.92 Å². The lowest BCUT2D eigenvalue weighted by atomic mass is 9.88. The fourth-order valence-corrected chi connectivity index (χ4v) is 9.22. The zero-order chi connectivity index (χ0) is 48.8. The summed E-state index contributed by atoms with van der Waals surface area (Å²) in [6.45, 7) is 17.9. The molecule has 0 aliphatic rings. The molecule has 3 aromatic carbocycles. The zero-order valence-corrected chi connectivity index (χ0v) is 41.7. The number of nitrogens with zero attached hydrogens (tertiary/aromatic N) is 3. The van der Waals surface area contributed by atoms with E-state index in [1.165, 1.54) is 18.2 Å². The van der Waals surface area contributed by atoms with E-state index in [1.807, 2.05) is 112 Å². The van der Waals surface area contributed by atoms with Gasteiger partial charge in [0.1, 0.15) is 17.5 Å². The second-order valence-corrected chi connectivity index (χ2v) is 18.8. The lowest BCUT2D eigenvalue weighted by Gasteiger charge is -2.20. The van der Waals surface area contributed by atoms with E-state index in [1.54, 1.807) is 48.5 Å². The molecule has 6 aromatic rings. The highest BCUT2D eigenvalue weighted by molar-refractivity contribution is 6.32. The molecule has 3 aromatic heterocycles. The van der Waals surface area contributed by atoms with Gasteiger partial charge in [0, 0.05) is 87.7 Å². The number of halogens is 6. The van der Waals surface area contributed by atoms with Crippen molar-refractivity contribution in [1.82, 2.24) is 13.7 Å². The van der Waals surface area contributed by atoms with Crippen LogP contribution in [0.4, 0.5) is 13.2 Å². The van der Waals surface area contributed by atoms with E-state index in [0.29, 0.717) is 48.8 Å². The van der Waals surface area contributed by atoms with Gasteiger partial charge in [0.25, 0.3) is 0 Å². The SMILES string of the molecule is CC(C)n1cccc1C(=O)C[C@@H](C)c1c(F)cccc1Cl.CC(C)n1cccc1C(=O)C[C@H](C)c1c(F)cccc1Cl.CCCCC(CC(=O)c1cccn1C(C)C)c1c(F)cccc1Cl. The Labute approximate surface area is 404 Å². The van der Waals surface area contributed by atoms with E-state index in [0.717, 1.165) is 19.3 Å². The molecule has 1 unspecified atom stereocenters. The van der Waals surface area contributed by atoms with Crippen LogP contribution in [-0.4, -0.2) is 31.1 Å². The van der Waals surface area contributed by atoms with Gasteiger partial charge < -0.3 is 13.7 Å². The number of hydrogen-bond acceptors (Lipinski definition) is 3. The monoisotopic (exact) mass is 963 g/mol. The van der Waals surface area contributed by atoms with E-state index in [4.69, 9.17) is 34.8 Å². The first-order valence-corrected chi connectivity index (χ1v) is 23.8. The number of aromatic nitrogens is 3. The van der Waals surface area contributed by atoms with Crippen LogP contribution in [-0.2, 0) is 0 Å². The average molecular weight is 965 g/mol. The first-order valence-electron chi connectivity index (χ1n) is 22.7. The lowest BCUT2D eigenvalue weighted by molar-refractivity contribution is 0.0954. The van der Waals surface area contributed by atoms with Crippen molar-refractivity contribution in [3.05, 3.63) is 176 Å². The summed E-state index contributed by atoms with van der Waals surface area (Å²) in [7, 11) is 0. The summed E-state index contributed by atoms with van der Waals surface area (Å²) in [5, 5.41) is 1.15. The van der Waals surface area contributed by atoms with Crippen LogP contribution in [0.5, 0.6) is 0 Å². The molecule has 6 rings (SSSR count). The van der Waals surface area contributed by atoms with Crippen LogP contribution in [0.1, 0.15) is 185 Å². The van der Waals surface area contributed by atoms with Crippen LogP contribution in [0.3, 0.4) is 0 Å². The quantitative estimate of drug-likeness (QED) is 0.0806. The van der Waals surface area contributed by atoms with Crippen LogP contribution >= 0.6 is 34.8 Å². The third-order valence-corrected chi connectivity index (χ3v) is 12.6. The molecule has 66 heavy (non-hydrogen) atoms. The molecule has 0 bridgehead atoms. The van der Waals surface area contributed by atoms with Gasteiger partial charge in [-0.05, 0) is 139 Å². The summed E-state index contributed by atoms with van der Waals surface area (Å²) in [5.74, 6) is -1.72. The van der Waals surface area contributed by atoms with Crippen LogP contribution in [0.2, 0.25) is 15.1 Å². The van der Waals surface area contributed by atoms with Gasteiger partial charge in [-0.1, -0.05) is 86.6 Å². The van der Waals surface area contributed by atoms with Crippen molar-refractivity contribution in [2.75, 3.05) is 0 Å². The summed E-state index contributed by atoms with van der Waals surface area (Å²) < 4.78 is 47.9. The molecule has 3 atom stereocenters. The molecule has 0 N–H and O–H groups in total. The Bertz CT molecular complexity index is 2360. The molecule has 0 radical (unpaired) electrons. The van der Waals surface area contributed by atoms with Gasteiger partial charge in [-0.25, -0.2) is 13.2 Å². The Hall–Kier alpha value is -4.83. The Morgan fingerprint density at radius 3 is 1.09 bits per heavy atom. The van der Waals surface area contributed by atoms with Crippen molar-refractivity contribution < 1.29 is 27.6 Å². The predicted octanol–water partition coefficient (Wildman–Crippen LogP) is 16.9. The van der Waals surface area contributed by atoms with Crippen molar-refractivity contribution in [2.24, 2.45) is 0 Å². The first kappa shape index (κ1) is 53.8. The maximum Gasteiger partial charge on any atom is 0.179 e. The lowest BCUT2D eigenvalue weighted by Crippen LogP contribution is -2.15. The molecular weight excluding hydrogens is 902 g/mol. The molecule has 12 heteroatoms. The highest BCUT2D eigenvalue weighted by Crippen LogP contribution is 2.35. The van der Waals surface area contributed by atoms with Gasteiger partial charge >= 0.3 is 0 Å². The van der Waals surface area contributed by atoms with Crippen LogP contribution in [0.15, 0.2) is 110 Å². The Morgan fingerprint density at radius 1 is 0.470 bits per heavy atom. The topological polar surface area (TPSA) is 66.0 Å². The molecule has 0 amide bonds. The molecule has 6 nitrogen and oxygen atoms in total. The molecule has 0 saturated carbocycles. The minimum Gasteiger partial charge on any atom is -0.343 e. The zero-order valence-electron chi connectivity index (χ0n) is 39.4. The summed E-state index contributed by atoms with van der Waals surface area (Å²) in [5.41, 5.74) is 3.29. The minimum absolute atomic E-state index is 0.000481. The van der Waals surface area contributed by atoms with Gasteiger partial charge in [-0.2, -0.15) is 0 Å². The number of carbonyl (C=O) groups is 3.